The first-order valence-electron chi connectivity index (χ1n) is 6.55. The minimum absolute atomic E-state index is 0.130. The van der Waals surface area contributed by atoms with E-state index in [1.165, 1.54) is 5.56 Å². The van der Waals surface area contributed by atoms with Crippen molar-refractivity contribution in [2.75, 3.05) is 25.0 Å². The molecule has 1 amide bonds. The van der Waals surface area contributed by atoms with Gasteiger partial charge in [0.25, 0.3) is 0 Å². The number of anilines is 1. The maximum Gasteiger partial charge on any atom is 0.238 e. The van der Waals surface area contributed by atoms with Crippen LogP contribution < -0.4 is 5.32 Å². The quantitative estimate of drug-likeness (QED) is 0.727. The number of carbonyl (C=O) groups excluding carboxylic acids is 1. The second-order valence-corrected chi connectivity index (χ2v) is 4.93. The molecule has 5 nitrogen and oxygen atoms in total. The molecule has 1 heterocycles. The van der Waals surface area contributed by atoms with Crippen molar-refractivity contribution in [3.05, 3.63) is 29.8 Å². The number of aliphatic hydroxyl groups excluding tert-OH is 2. The number of nitrogens with zero attached hydrogens (tertiary/aromatic N) is 1. The fraction of sp³-hybridized carbons (Fsp3) is 0.500. The summed E-state index contributed by atoms with van der Waals surface area (Å²) in [5.74, 6) is -0.130. The third-order valence-electron chi connectivity index (χ3n) is 3.32. The molecule has 0 saturated carbocycles. The van der Waals surface area contributed by atoms with E-state index in [0.717, 1.165) is 12.1 Å². The highest BCUT2D eigenvalue weighted by Gasteiger charge is 2.30. The zero-order valence-corrected chi connectivity index (χ0v) is 11.0. The monoisotopic (exact) mass is 264 g/mol. The smallest absolute Gasteiger partial charge is 0.238 e. The van der Waals surface area contributed by atoms with Crippen molar-refractivity contribution in [3.8, 4) is 0 Å². The Hall–Kier alpha value is -1.43. The van der Waals surface area contributed by atoms with Crippen LogP contribution in [0.5, 0.6) is 0 Å². The number of hydrogen-bond acceptors (Lipinski definition) is 4. The molecule has 2 rings (SSSR count). The normalized spacial score (nSPS) is 23.5. The van der Waals surface area contributed by atoms with E-state index in [2.05, 4.69) is 12.2 Å². The molecule has 1 aromatic rings. The average molecular weight is 264 g/mol. The van der Waals surface area contributed by atoms with E-state index < -0.39 is 12.2 Å². The van der Waals surface area contributed by atoms with Gasteiger partial charge in [0.2, 0.25) is 5.91 Å². The summed E-state index contributed by atoms with van der Waals surface area (Å²) in [6.07, 6.45) is -0.582. The van der Waals surface area contributed by atoms with Crippen molar-refractivity contribution < 1.29 is 15.0 Å². The van der Waals surface area contributed by atoms with E-state index >= 15 is 0 Å². The minimum Gasteiger partial charge on any atom is -0.389 e. The van der Waals surface area contributed by atoms with Gasteiger partial charge in [0.1, 0.15) is 0 Å². The van der Waals surface area contributed by atoms with Crippen LogP contribution in [0.25, 0.3) is 0 Å². The number of aryl methyl sites for hydroxylation is 1. The van der Waals surface area contributed by atoms with Crippen molar-refractivity contribution in [2.45, 2.75) is 25.6 Å². The highest BCUT2D eigenvalue weighted by molar-refractivity contribution is 5.92. The van der Waals surface area contributed by atoms with Gasteiger partial charge in [-0.1, -0.05) is 19.1 Å². The highest BCUT2D eigenvalue weighted by Crippen LogP contribution is 2.12. The molecule has 1 fully saturated rings. The van der Waals surface area contributed by atoms with Crippen molar-refractivity contribution >= 4 is 11.6 Å². The molecule has 19 heavy (non-hydrogen) atoms. The predicted molar refractivity (Wildman–Crippen MR) is 72.9 cm³/mol. The standard InChI is InChI=1S/C14H20N2O3/c1-2-10-4-3-5-11(6-10)15-14(19)9-16-7-12(17)13(18)8-16/h3-6,12-13,17-18H,2,7-9H2,1H3,(H,15,19)/t12-,13+. The molecule has 1 aromatic carbocycles. The van der Waals surface area contributed by atoms with Crippen LogP contribution in [0.1, 0.15) is 12.5 Å². The number of aliphatic hydroxyl groups is 2. The lowest BCUT2D eigenvalue weighted by atomic mass is 10.1. The number of likely N-dealkylation sites (tertiary alicyclic amines) is 1. The van der Waals surface area contributed by atoms with Crippen LogP contribution in [0.4, 0.5) is 5.69 Å². The predicted octanol–water partition coefficient (Wildman–Crippen LogP) is 0.225. The molecular formula is C14H20N2O3. The molecule has 0 unspecified atom stereocenters. The second-order valence-electron chi connectivity index (χ2n) is 4.93. The molecule has 0 bridgehead atoms. The zero-order valence-electron chi connectivity index (χ0n) is 11.0. The number of hydrogen-bond donors (Lipinski definition) is 3. The first kappa shape index (κ1) is 14.0. The van der Waals surface area contributed by atoms with E-state index in [0.29, 0.717) is 13.1 Å². The number of benzene rings is 1. The van der Waals surface area contributed by atoms with E-state index in [9.17, 15) is 15.0 Å². The molecule has 2 atom stereocenters. The summed E-state index contributed by atoms with van der Waals surface area (Å²) in [6, 6.07) is 7.73. The van der Waals surface area contributed by atoms with Crippen LogP contribution in [0, 0.1) is 0 Å². The summed E-state index contributed by atoms with van der Waals surface area (Å²) in [4.78, 5) is 13.6. The number of carbonyl (C=O) groups is 1. The maximum atomic E-state index is 11.9. The van der Waals surface area contributed by atoms with E-state index in [-0.39, 0.29) is 12.5 Å². The Kier molecular flexibility index (Phi) is 4.52. The minimum atomic E-state index is -0.754. The van der Waals surface area contributed by atoms with E-state index in [4.69, 9.17) is 0 Å². The summed E-state index contributed by atoms with van der Waals surface area (Å²) < 4.78 is 0. The van der Waals surface area contributed by atoms with Crippen LogP contribution in [0.3, 0.4) is 0 Å². The molecule has 1 aliphatic heterocycles. The number of amides is 1. The maximum absolute atomic E-state index is 11.9. The Labute approximate surface area is 112 Å². The molecule has 3 N–H and O–H groups in total. The fourth-order valence-electron chi connectivity index (χ4n) is 2.25. The first-order chi connectivity index (χ1) is 9.08. The van der Waals surface area contributed by atoms with Gasteiger partial charge in [0, 0.05) is 18.8 Å². The lowest BCUT2D eigenvalue weighted by molar-refractivity contribution is -0.117. The van der Waals surface area contributed by atoms with Gasteiger partial charge in [-0.2, -0.15) is 0 Å². The Morgan fingerprint density at radius 1 is 1.37 bits per heavy atom. The zero-order chi connectivity index (χ0) is 13.8. The van der Waals surface area contributed by atoms with Crippen molar-refractivity contribution in [3.63, 3.8) is 0 Å². The summed E-state index contributed by atoms with van der Waals surface area (Å²) in [5, 5.41) is 21.7. The highest BCUT2D eigenvalue weighted by atomic mass is 16.3. The molecule has 104 valence electrons. The molecule has 0 aliphatic carbocycles. The summed E-state index contributed by atoms with van der Waals surface area (Å²) in [6.45, 7) is 2.92. The molecule has 5 heteroatoms. The molecule has 1 aliphatic rings. The summed E-state index contributed by atoms with van der Waals surface area (Å²) >= 11 is 0. The lowest BCUT2D eigenvalue weighted by Gasteiger charge is -2.14. The van der Waals surface area contributed by atoms with Crippen LogP contribution in [0.2, 0.25) is 0 Å². The van der Waals surface area contributed by atoms with Crippen LogP contribution in [-0.2, 0) is 11.2 Å². The van der Waals surface area contributed by atoms with Gasteiger partial charge >= 0.3 is 0 Å². The number of β-amino-alcohol motifs (C(OH)–C–C–N with tert-alkyl or cyclic N) is 2. The van der Waals surface area contributed by atoms with E-state index in [1.54, 1.807) is 4.90 Å². The topological polar surface area (TPSA) is 72.8 Å². The summed E-state index contributed by atoms with van der Waals surface area (Å²) in [7, 11) is 0. The van der Waals surface area contributed by atoms with Gasteiger partial charge in [-0.15, -0.1) is 0 Å². The largest absolute Gasteiger partial charge is 0.389 e. The van der Waals surface area contributed by atoms with Gasteiger partial charge in [-0.3, -0.25) is 9.69 Å². The van der Waals surface area contributed by atoms with Gasteiger partial charge in [-0.25, -0.2) is 0 Å². The van der Waals surface area contributed by atoms with Crippen LogP contribution >= 0.6 is 0 Å². The Balaban J connectivity index is 1.87. The van der Waals surface area contributed by atoms with Crippen molar-refractivity contribution in [1.29, 1.82) is 0 Å². The van der Waals surface area contributed by atoms with E-state index in [1.807, 2.05) is 24.3 Å². The third kappa shape index (κ3) is 3.76. The van der Waals surface area contributed by atoms with Crippen molar-refractivity contribution in [1.82, 2.24) is 4.90 Å². The van der Waals surface area contributed by atoms with Crippen LogP contribution in [-0.4, -0.2) is 52.9 Å². The van der Waals surface area contributed by atoms with Gasteiger partial charge in [0.05, 0.1) is 18.8 Å². The Morgan fingerprint density at radius 2 is 2.05 bits per heavy atom. The number of nitrogens with one attached hydrogen (secondary N) is 1. The molecular weight excluding hydrogens is 244 g/mol. The first-order valence-corrected chi connectivity index (χ1v) is 6.55. The van der Waals surface area contributed by atoms with Gasteiger partial charge in [-0.05, 0) is 24.1 Å². The summed E-state index contributed by atoms with van der Waals surface area (Å²) in [5.41, 5.74) is 1.95. The third-order valence-corrected chi connectivity index (χ3v) is 3.32. The SMILES string of the molecule is CCc1cccc(NC(=O)CN2C[C@@H](O)[C@@H](O)C2)c1. The molecule has 0 spiro atoms. The Bertz CT molecular complexity index is 440. The molecule has 1 saturated heterocycles. The number of rotatable bonds is 4. The van der Waals surface area contributed by atoms with Crippen molar-refractivity contribution in [2.24, 2.45) is 0 Å². The Morgan fingerprint density at radius 3 is 2.68 bits per heavy atom. The van der Waals surface area contributed by atoms with Gasteiger partial charge < -0.3 is 15.5 Å². The average Bonchev–Trinajstić information content (AvgIpc) is 2.68. The molecule has 0 radical (unpaired) electrons. The lowest BCUT2D eigenvalue weighted by Crippen LogP contribution is -2.32. The van der Waals surface area contributed by atoms with Gasteiger partial charge in [0.15, 0.2) is 0 Å². The fourth-order valence-corrected chi connectivity index (χ4v) is 2.25. The van der Waals surface area contributed by atoms with Crippen LogP contribution in [0.15, 0.2) is 24.3 Å². The molecule has 0 aromatic heterocycles. The second kappa shape index (κ2) is 6.14.